The van der Waals surface area contributed by atoms with Crippen LogP contribution in [0.25, 0.3) is 0 Å². The van der Waals surface area contributed by atoms with E-state index < -0.39 is 17.2 Å². The number of carbonyl (C=O) groups is 3. The molecular weight excluding hydrogens is 580 g/mol. The standard InChI is InChI=1S/C34H45ClN4O5/c1-3-4-18-39-31(41)28(22-33(43)14-6-5-7-15-33)37-32(42)34(39)16-19-38(20-17-34)23-24-8-13-29(27(35)21-24)44-26-11-9-25(10-12-26)30(40)36-2/h8-13,21,28,43H,3-7,14-20,22-23H2,1-2H3,(H,36,40)(H,37,42)/t28-/m1/s1. The summed E-state index contributed by atoms with van der Waals surface area (Å²) >= 11 is 6.59. The first-order valence-corrected chi connectivity index (χ1v) is 16.4. The van der Waals surface area contributed by atoms with Crippen LogP contribution < -0.4 is 15.4 Å². The topological polar surface area (TPSA) is 111 Å². The molecule has 2 aliphatic heterocycles. The first kappa shape index (κ1) is 32.3. The molecule has 0 aromatic heterocycles. The second-order valence-electron chi connectivity index (χ2n) is 12.6. The Hall–Kier alpha value is -3.14. The Morgan fingerprint density at radius 3 is 2.41 bits per heavy atom. The van der Waals surface area contributed by atoms with Crippen molar-refractivity contribution in [2.75, 3.05) is 26.7 Å². The molecule has 3 aliphatic rings. The molecule has 3 amide bonds. The number of piperidine rings is 1. The number of ether oxygens (including phenoxy) is 1. The van der Waals surface area contributed by atoms with Gasteiger partial charge in [0.2, 0.25) is 11.8 Å². The number of piperazine rings is 1. The van der Waals surface area contributed by atoms with Gasteiger partial charge in [-0.25, -0.2) is 0 Å². The Balaban J connectivity index is 1.21. The van der Waals surface area contributed by atoms with E-state index in [4.69, 9.17) is 16.3 Å². The number of carbonyl (C=O) groups excluding carboxylic acids is 3. The Kier molecular flexibility index (Phi) is 10.2. The molecule has 2 saturated heterocycles. The number of amides is 3. The van der Waals surface area contributed by atoms with Crippen LogP contribution in [0.5, 0.6) is 11.5 Å². The van der Waals surface area contributed by atoms with Crippen molar-refractivity contribution in [3.05, 3.63) is 58.6 Å². The van der Waals surface area contributed by atoms with Crippen LogP contribution in [-0.2, 0) is 16.1 Å². The van der Waals surface area contributed by atoms with Crippen LogP contribution in [-0.4, -0.2) is 76.5 Å². The molecule has 2 heterocycles. The summed E-state index contributed by atoms with van der Waals surface area (Å²) in [6, 6.07) is 11.9. The number of nitrogens with one attached hydrogen (secondary N) is 2. The van der Waals surface area contributed by atoms with Gasteiger partial charge in [0.25, 0.3) is 5.91 Å². The third kappa shape index (κ3) is 7.05. The van der Waals surface area contributed by atoms with Crippen molar-refractivity contribution in [3.8, 4) is 11.5 Å². The maximum atomic E-state index is 13.8. The Bertz CT molecular complexity index is 1340. The lowest BCUT2D eigenvalue weighted by Gasteiger charge is -2.52. The van der Waals surface area contributed by atoms with Crippen molar-refractivity contribution in [3.63, 3.8) is 0 Å². The SMILES string of the molecule is CCCCN1C(=O)[C@@H](CC2(O)CCCCC2)NC(=O)C12CCN(Cc1ccc(Oc3ccc(C(=O)NC)cc3)c(Cl)c1)CC2. The fourth-order valence-electron chi connectivity index (χ4n) is 6.96. The van der Waals surface area contributed by atoms with E-state index in [-0.39, 0.29) is 17.7 Å². The molecule has 2 aromatic rings. The zero-order valence-corrected chi connectivity index (χ0v) is 26.6. The first-order chi connectivity index (χ1) is 21.2. The largest absolute Gasteiger partial charge is 0.456 e. The van der Waals surface area contributed by atoms with Gasteiger partial charge in [-0.1, -0.05) is 50.3 Å². The van der Waals surface area contributed by atoms with Crippen molar-refractivity contribution < 1.29 is 24.2 Å². The molecule has 0 unspecified atom stereocenters. The summed E-state index contributed by atoms with van der Waals surface area (Å²) in [5.74, 6) is 0.820. The molecule has 5 rings (SSSR count). The number of unbranched alkanes of at least 4 members (excludes halogenated alkanes) is 1. The van der Waals surface area contributed by atoms with Crippen molar-refractivity contribution in [1.82, 2.24) is 20.4 Å². The molecule has 238 valence electrons. The minimum Gasteiger partial charge on any atom is -0.456 e. The number of rotatable bonds is 10. The highest BCUT2D eigenvalue weighted by atomic mass is 35.5. The first-order valence-electron chi connectivity index (χ1n) is 16.0. The summed E-state index contributed by atoms with van der Waals surface area (Å²) in [7, 11) is 1.59. The number of halogens is 1. The Labute approximate surface area is 265 Å². The van der Waals surface area contributed by atoms with E-state index >= 15 is 0 Å². The zero-order chi connectivity index (χ0) is 31.3. The summed E-state index contributed by atoms with van der Waals surface area (Å²) in [5, 5.41) is 17.3. The third-order valence-electron chi connectivity index (χ3n) is 9.57. The molecule has 0 radical (unpaired) electrons. The van der Waals surface area contributed by atoms with Crippen LogP contribution in [0, 0.1) is 0 Å². The van der Waals surface area contributed by atoms with E-state index in [1.54, 1.807) is 31.3 Å². The predicted octanol–water partition coefficient (Wildman–Crippen LogP) is 5.04. The highest BCUT2D eigenvalue weighted by Gasteiger charge is 2.54. The normalized spacial score (nSPS) is 21.6. The van der Waals surface area contributed by atoms with Gasteiger partial charge in [-0.3, -0.25) is 19.3 Å². The average molecular weight is 625 g/mol. The lowest BCUT2D eigenvalue weighted by Crippen LogP contribution is -2.73. The van der Waals surface area contributed by atoms with E-state index in [0.29, 0.717) is 80.4 Å². The maximum Gasteiger partial charge on any atom is 0.251 e. The fourth-order valence-corrected chi connectivity index (χ4v) is 7.20. The average Bonchev–Trinajstić information content (AvgIpc) is 3.02. The molecule has 44 heavy (non-hydrogen) atoms. The molecular formula is C34H45ClN4O5. The highest BCUT2D eigenvalue weighted by molar-refractivity contribution is 6.32. The van der Waals surface area contributed by atoms with Gasteiger partial charge in [0.05, 0.1) is 10.6 Å². The van der Waals surface area contributed by atoms with E-state index in [2.05, 4.69) is 22.5 Å². The molecule has 9 nitrogen and oxygen atoms in total. The molecule has 1 spiro atoms. The number of hydrogen-bond acceptors (Lipinski definition) is 6. The van der Waals surface area contributed by atoms with Gasteiger partial charge >= 0.3 is 0 Å². The van der Waals surface area contributed by atoms with Gasteiger partial charge in [-0.05, 0) is 74.1 Å². The fraction of sp³-hybridized carbons (Fsp3) is 0.559. The van der Waals surface area contributed by atoms with Crippen LogP contribution in [0.2, 0.25) is 5.02 Å². The summed E-state index contributed by atoms with van der Waals surface area (Å²) in [5.41, 5.74) is -0.154. The summed E-state index contributed by atoms with van der Waals surface area (Å²) in [6.07, 6.45) is 7.59. The van der Waals surface area contributed by atoms with Crippen LogP contribution in [0.4, 0.5) is 0 Å². The monoisotopic (exact) mass is 624 g/mol. The van der Waals surface area contributed by atoms with Gasteiger partial charge in [0.1, 0.15) is 23.1 Å². The highest BCUT2D eigenvalue weighted by Crippen LogP contribution is 2.38. The van der Waals surface area contributed by atoms with Crippen molar-refractivity contribution in [2.45, 2.75) is 94.9 Å². The Morgan fingerprint density at radius 1 is 1.07 bits per heavy atom. The van der Waals surface area contributed by atoms with Crippen molar-refractivity contribution in [2.24, 2.45) is 0 Å². The number of benzene rings is 2. The quantitative estimate of drug-likeness (QED) is 0.342. The van der Waals surface area contributed by atoms with Crippen LogP contribution in [0.3, 0.4) is 0 Å². The van der Waals surface area contributed by atoms with Gasteiger partial charge < -0.3 is 25.4 Å². The maximum absolute atomic E-state index is 13.8. The zero-order valence-electron chi connectivity index (χ0n) is 25.9. The number of aliphatic hydroxyl groups is 1. The van der Waals surface area contributed by atoms with Crippen LogP contribution in [0.1, 0.15) is 87.1 Å². The smallest absolute Gasteiger partial charge is 0.251 e. The van der Waals surface area contributed by atoms with Crippen LogP contribution >= 0.6 is 11.6 Å². The lowest BCUT2D eigenvalue weighted by molar-refractivity contribution is -0.163. The number of nitrogens with zero attached hydrogens (tertiary/aromatic N) is 2. The predicted molar refractivity (Wildman–Crippen MR) is 170 cm³/mol. The summed E-state index contributed by atoms with van der Waals surface area (Å²) in [6.45, 7) is 4.66. The molecule has 2 aromatic carbocycles. The van der Waals surface area contributed by atoms with Gasteiger partial charge in [0.15, 0.2) is 0 Å². The molecule has 3 N–H and O–H groups in total. The van der Waals surface area contributed by atoms with Gasteiger partial charge in [-0.15, -0.1) is 0 Å². The molecule has 0 bridgehead atoms. The summed E-state index contributed by atoms with van der Waals surface area (Å²) in [4.78, 5) is 43.5. The van der Waals surface area contributed by atoms with Gasteiger partial charge in [0, 0.05) is 45.2 Å². The molecule has 1 atom stereocenters. The van der Waals surface area contributed by atoms with E-state index in [0.717, 1.165) is 37.7 Å². The van der Waals surface area contributed by atoms with E-state index in [1.807, 2.05) is 23.1 Å². The van der Waals surface area contributed by atoms with E-state index in [1.165, 1.54) is 0 Å². The molecule has 3 fully saturated rings. The minimum absolute atomic E-state index is 0.0452. The lowest BCUT2D eigenvalue weighted by atomic mass is 9.77. The number of hydrogen-bond donors (Lipinski definition) is 3. The molecule has 1 saturated carbocycles. The van der Waals surface area contributed by atoms with Crippen molar-refractivity contribution >= 4 is 29.3 Å². The van der Waals surface area contributed by atoms with Gasteiger partial charge in [-0.2, -0.15) is 0 Å². The second kappa shape index (κ2) is 13.9. The summed E-state index contributed by atoms with van der Waals surface area (Å²) < 4.78 is 5.95. The number of likely N-dealkylation sites (tertiary alicyclic amines) is 1. The second-order valence-corrected chi connectivity index (χ2v) is 13.0. The third-order valence-corrected chi connectivity index (χ3v) is 9.86. The molecule has 10 heteroatoms. The minimum atomic E-state index is -0.880. The Morgan fingerprint density at radius 2 is 1.77 bits per heavy atom. The van der Waals surface area contributed by atoms with E-state index in [9.17, 15) is 19.5 Å². The van der Waals surface area contributed by atoms with Crippen LogP contribution in [0.15, 0.2) is 42.5 Å². The molecule has 1 aliphatic carbocycles. The van der Waals surface area contributed by atoms with Crippen molar-refractivity contribution in [1.29, 1.82) is 0 Å².